The molecule has 0 aliphatic carbocycles. The Balaban J connectivity index is 1.89. The van der Waals surface area contributed by atoms with Crippen LogP contribution in [0, 0.1) is 0 Å². The van der Waals surface area contributed by atoms with Crippen LogP contribution in [-0.4, -0.2) is 11.1 Å². The Morgan fingerprint density at radius 2 is 1.90 bits per heavy atom. The third kappa shape index (κ3) is 4.03. The maximum absolute atomic E-state index is 11.6. The van der Waals surface area contributed by atoms with E-state index in [-0.39, 0.29) is 16.8 Å². The van der Waals surface area contributed by atoms with Crippen LogP contribution >= 0.6 is 11.6 Å². The summed E-state index contributed by atoms with van der Waals surface area (Å²) < 4.78 is 0. The van der Waals surface area contributed by atoms with Crippen molar-refractivity contribution in [2.45, 2.75) is 0 Å². The van der Waals surface area contributed by atoms with E-state index in [1.165, 1.54) is 12.1 Å². The maximum Gasteiger partial charge on any atom is 0.323 e. The number of hydrogen-bond donors (Lipinski definition) is 3. The summed E-state index contributed by atoms with van der Waals surface area (Å²) in [4.78, 5) is 11.6. The molecule has 0 radical (unpaired) electrons. The van der Waals surface area contributed by atoms with Gasteiger partial charge in [0.15, 0.2) is 0 Å². The SMILES string of the molecule is O=C(NC=Cc1ccccc1)Nc1ccc(O)c(Cl)c1. The second-order valence-electron chi connectivity index (χ2n) is 4.01. The Labute approximate surface area is 121 Å². The zero-order valence-corrected chi connectivity index (χ0v) is 11.3. The molecular formula is C15H13ClN2O2. The van der Waals surface area contributed by atoms with Gasteiger partial charge in [-0.15, -0.1) is 0 Å². The van der Waals surface area contributed by atoms with Crippen LogP contribution in [0.5, 0.6) is 5.75 Å². The number of aromatic hydroxyl groups is 1. The Morgan fingerprint density at radius 3 is 2.60 bits per heavy atom. The smallest absolute Gasteiger partial charge is 0.323 e. The van der Waals surface area contributed by atoms with Gasteiger partial charge in [0.2, 0.25) is 0 Å². The first-order chi connectivity index (χ1) is 9.65. The molecule has 0 aliphatic heterocycles. The highest BCUT2D eigenvalue weighted by Gasteiger charge is 2.02. The van der Waals surface area contributed by atoms with Crippen molar-refractivity contribution >= 4 is 29.4 Å². The molecule has 0 atom stereocenters. The largest absolute Gasteiger partial charge is 0.506 e. The van der Waals surface area contributed by atoms with Gasteiger partial charge in [-0.1, -0.05) is 41.9 Å². The lowest BCUT2D eigenvalue weighted by atomic mass is 10.2. The molecule has 0 spiro atoms. The predicted molar refractivity (Wildman–Crippen MR) is 80.7 cm³/mol. The summed E-state index contributed by atoms with van der Waals surface area (Å²) in [6, 6.07) is 13.7. The van der Waals surface area contributed by atoms with Crippen molar-refractivity contribution in [3.63, 3.8) is 0 Å². The number of nitrogens with one attached hydrogen (secondary N) is 2. The van der Waals surface area contributed by atoms with Crippen molar-refractivity contribution in [1.29, 1.82) is 0 Å². The fourth-order valence-corrected chi connectivity index (χ4v) is 1.71. The second kappa shape index (κ2) is 6.63. The van der Waals surface area contributed by atoms with Crippen LogP contribution in [0.15, 0.2) is 54.7 Å². The number of phenolic OH excluding ortho intramolecular Hbond substituents is 1. The molecule has 2 aromatic carbocycles. The number of anilines is 1. The zero-order chi connectivity index (χ0) is 14.4. The number of halogens is 1. The van der Waals surface area contributed by atoms with Gasteiger partial charge in [-0.3, -0.25) is 0 Å². The van der Waals surface area contributed by atoms with Crippen LogP contribution < -0.4 is 10.6 Å². The minimum absolute atomic E-state index is 0.0263. The Kier molecular flexibility index (Phi) is 4.63. The van der Waals surface area contributed by atoms with Gasteiger partial charge in [0.05, 0.1) is 5.02 Å². The summed E-state index contributed by atoms with van der Waals surface area (Å²) in [5.74, 6) is -0.0263. The lowest BCUT2D eigenvalue weighted by Gasteiger charge is -2.05. The monoisotopic (exact) mass is 288 g/mol. The van der Waals surface area contributed by atoms with Crippen LogP contribution in [0.2, 0.25) is 5.02 Å². The average molecular weight is 289 g/mol. The molecule has 0 heterocycles. The van der Waals surface area contributed by atoms with E-state index in [0.29, 0.717) is 5.69 Å². The average Bonchev–Trinajstić information content (AvgIpc) is 2.44. The molecule has 4 nitrogen and oxygen atoms in total. The molecule has 0 fully saturated rings. The molecule has 0 saturated heterocycles. The van der Waals surface area contributed by atoms with E-state index in [1.54, 1.807) is 18.3 Å². The topological polar surface area (TPSA) is 61.4 Å². The highest BCUT2D eigenvalue weighted by molar-refractivity contribution is 6.32. The van der Waals surface area contributed by atoms with Crippen LogP contribution in [0.3, 0.4) is 0 Å². The number of carbonyl (C=O) groups is 1. The second-order valence-corrected chi connectivity index (χ2v) is 4.42. The molecule has 102 valence electrons. The third-order valence-corrected chi connectivity index (χ3v) is 2.80. The number of rotatable bonds is 3. The van der Waals surface area contributed by atoms with Gasteiger partial charge in [0.1, 0.15) is 5.75 Å². The molecule has 0 unspecified atom stereocenters. The van der Waals surface area contributed by atoms with Crippen molar-refractivity contribution in [2.24, 2.45) is 0 Å². The van der Waals surface area contributed by atoms with Gasteiger partial charge in [0, 0.05) is 11.9 Å². The Morgan fingerprint density at radius 1 is 1.15 bits per heavy atom. The quantitative estimate of drug-likeness (QED) is 0.752. The minimum atomic E-state index is -0.390. The fourth-order valence-electron chi connectivity index (χ4n) is 1.53. The first-order valence-electron chi connectivity index (χ1n) is 5.93. The molecule has 2 rings (SSSR count). The van der Waals surface area contributed by atoms with E-state index in [0.717, 1.165) is 5.56 Å². The summed E-state index contributed by atoms with van der Waals surface area (Å²) in [6.45, 7) is 0. The van der Waals surface area contributed by atoms with E-state index < -0.39 is 0 Å². The van der Waals surface area contributed by atoms with E-state index in [4.69, 9.17) is 11.6 Å². The summed E-state index contributed by atoms with van der Waals surface area (Å²) in [5.41, 5.74) is 1.49. The summed E-state index contributed by atoms with van der Waals surface area (Å²) in [5, 5.41) is 14.6. The normalized spacial score (nSPS) is 10.4. The minimum Gasteiger partial charge on any atom is -0.506 e. The first-order valence-corrected chi connectivity index (χ1v) is 6.30. The molecule has 0 saturated carbocycles. The van der Waals surface area contributed by atoms with Gasteiger partial charge < -0.3 is 15.7 Å². The van der Waals surface area contributed by atoms with E-state index in [1.807, 2.05) is 30.3 Å². The van der Waals surface area contributed by atoms with E-state index in [2.05, 4.69) is 10.6 Å². The summed E-state index contributed by atoms with van der Waals surface area (Å²) >= 11 is 5.75. The molecule has 20 heavy (non-hydrogen) atoms. The van der Waals surface area contributed by atoms with Gasteiger partial charge in [-0.05, 0) is 29.8 Å². The maximum atomic E-state index is 11.6. The van der Waals surface area contributed by atoms with Crippen molar-refractivity contribution in [3.05, 3.63) is 65.3 Å². The summed E-state index contributed by atoms with van der Waals surface area (Å²) in [7, 11) is 0. The number of amides is 2. The zero-order valence-electron chi connectivity index (χ0n) is 10.5. The summed E-state index contributed by atoms with van der Waals surface area (Å²) in [6.07, 6.45) is 3.33. The Bertz CT molecular complexity index is 627. The highest BCUT2D eigenvalue weighted by Crippen LogP contribution is 2.25. The fraction of sp³-hybridized carbons (Fsp3) is 0. The van der Waals surface area contributed by atoms with Gasteiger partial charge >= 0.3 is 6.03 Å². The van der Waals surface area contributed by atoms with Crippen molar-refractivity contribution in [2.75, 3.05) is 5.32 Å². The van der Waals surface area contributed by atoms with Crippen LogP contribution in [-0.2, 0) is 0 Å². The first kappa shape index (κ1) is 14.0. The lowest BCUT2D eigenvalue weighted by molar-refractivity contribution is 0.255. The van der Waals surface area contributed by atoms with E-state index >= 15 is 0 Å². The number of urea groups is 1. The number of benzene rings is 2. The van der Waals surface area contributed by atoms with Crippen molar-refractivity contribution < 1.29 is 9.90 Å². The van der Waals surface area contributed by atoms with Crippen LogP contribution in [0.4, 0.5) is 10.5 Å². The van der Waals surface area contributed by atoms with Crippen LogP contribution in [0.25, 0.3) is 6.08 Å². The van der Waals surface area contributed by atoms with Gasteiger partial charge in [-0.2, -0.15) is 0 Å². The molecule has 0 bridgehead atoms. The number of carbonyl (C=O) groups excluding carboxylic acids is 1. The van der Waals surface area contributed by atoms with E-state index in [9.17, 15) is 9.90 Å². The molecule has 0 aliphatic rings. The standard InChI is InChI=1S/C15H13ClN2O2/c16-13-10-12(6-7-14(13)19)18-15(20)17-9-8-11-4-2-1-3-5-11/h1-10,19H,(H2,17,18,20). The number of hydrogen-bond acceptors (Lipinski definition) is 2. The molecule has 2 aromatic rings. The molecule has 3 N–H and O–H groups in total. The van der Waals surface area contributed by atoms with Gasteiger partial charge in [-0.25, -0.2) is 4.79 Å². The van der Waals surface area contributed by atoms with Crippen molar-refractivity contribution in [3.8, 4) is 5.75 Å². The highest BCUT2D eigenvalue weighted by atomic mass is 35.5. The third-order valence-electron chi connectivity index (χ3n) is 2.50. The van der Waals surface area contributed by atoms with Crippen molar-refractivity contribution in [1.82, 2.24) is 5.32 Å². The Hall–Kier alpha value is -2.46. The molecule has 5 heteroatoms. The van der Waals surface area contributed by atoms with Crippen LogP contribution in [0.1, 0.15) is 5.56 Å². The number of phenols is 1. The lowest BCUT2D eigenvalue weighted by Crippen LogP contribution is -2.23. The van der Waals surface area contributed by atoms with Gasteiger partial charge in [0.25, 0.3) is 0 Å². The molecular weight excluding hydrogens is 276 g/mol. The predicted octanol–water partition coefficient (Wildman–Crippen LogP) is 3.84. The molecule has 0 aromatic heterocycles. The molecule has 2 amide bonds.